The number of hydrogen-bond acceptors (Lipinski definition) is 2. The maximum absolute atomic E-state index is 14.2. The van der Waals surface area contributed by atoms with E-state index < -0.39 is 0 Å². The normalized spacial score (nSPS) is 12.7. The van der Waals surface area contributed by atoms with Gasteiger partial charge in [0.25, 0.3) is 0 Å². The zero-order valence-electron chi connectivity index (χ0n) is 11.3. The molecule has 2 aromatic rings. The molecule has 0 amide bonds. The highest BCUT2D eigenvalue weighted by molar-refractivity contribution is 9.11. The molecule has 0 fully saturated rings. The van der Waals surface area contributed by atoms with Gasteiger partial charge in [0.2, 0.25) is 0 Å². The van der Waals surface area contributed by atoms with Crippen molar-refractivity contribution in [3.05, 3.63) is 55.7 Å². The van der Waals surface area contributed by atoms with Gasteiger partial charge >= 0.3 is 0 Å². The molecule has 0 aliphatic carbocycles. The molecule has 1 aromatic carbocycles. The molecule has 0 aliphatic heterocycles. The summed E-state index contributed by atoms with van der Waals surface area (Å²) in [7, 11) is 0. The summed E-state index contributed by atoms with van der Waals surface area (Å²) in [5.74, 6) is -0.748. The summed E-state index contributed by atoms with van der Waals surface area (Å²) in [5.41, 5.74) is 0.684. The summed E-state index contributed by atoms with van der Waals surface area (Å²) in [6.07, 6.45) is 0.930. The van der Waals surface area contributed by atoms with E-state index in [1.54, 1.807) is 6.92 Å². The zero-order chi connectivity index (χ0) is 14.7. The van der Waals surface area contributed by atoms with Gasteiger partial charge in [-0.05, 0) is 65.6 Å². The van der Waals surface area contributed by atoms with Crippen LogP contribution in [0, 0.1) is 18.6 Å². The number of aryl methyl sites for hydroxylation is 1. The van der Waals surface area contributed by atoms with Crippen LogP contribution in [0.2, 0.25) is 0 Å². The quantitative estimate of drug-likeness (QED) is 0.774. The molecule has 1 aromatic heterocycles. The van der Waals surface area contributed by atoms with Crippen molar-refractivity contribution in [1.29, 1.82) is 0 Å². The van der Waals surface area contributed by atoms with Crippen LogP contribution in [-0.2, 0) is 0 Å². The lowest BCUT2D eigenvalue weighted by Gasteiger charge is -2.19. The monoisotopic (exact) mass is 359 g/mol. The van der Waals surface area contributed by atoms with Gasteiger partial charge in [0.15, 0.2) is 0 Å². The Labute approximate surface area is 130 Å². The Morgan fingerprint density at radius 2 is 2.00 bits per heavy atom. The van der Waals surface area contributed by atoms with E-state index in [1.165, 1.54) is 23.5 Å². The lowest BCUT2D eigenvalue weighted by Crippen LogP contribution is -2.23. The first-order chi connectivity index (χ1) is 9.52. The summed E-state index contributed by atoms with van der Waals surface area (Å²) in [6.45, 7) is 4.36. The Bertz CT molecular complexity index is 598. The summed E-state index contributed by atoms with van der Waals surface area (Å²) in [6, 6.07) is 6.09. The fourth-order valence-electron chi connectivity index (χ4n) is 2.02. The van der Waals surface area contributed by atoms with E-state index in [0.717, 1.165) is 21.6 Å². The Kier molecular flexibility index (Phi) is 5.29. The fraction of sp³-hybridized carbons (Fsp3) is 0.333. The molecule has 2 rings (SSSR count). The van der Waals surface area contributed by atoms with Crippen LogP contribution in [0.3, 0.4) is 0 Å². The molecule has 0 saturated heterocycles. The highest BCUT2D eigenvalue weighted by Gasteiger charge is 2.20. The minimum absolute atomic E-state index is 0.318. The van der Waals surface area contributed by atoms with Crippen molar-refractivity contribution in [2.75, 3.05) is 6.54 Å². The Hall–Kier alpha value is -0.780. The van der Waals surface area contributed by atoms with Crippen LogP contribution < -0.4 is 5.32 Å². The van der Waals surface area contributed by atoms with E-state index in [0.29, 0.717) is 11.1 Å². The predicted molar refractivity (Wildman–Crippen MR) is 83.3 cm³/mol. The Balaban J connectivity index is 2.43. The van der Waals surface area contributed by atoms with Gasteiger partial charge in [-0.15, -0.1) is 11.3 Å². The Morgan fingerprint density at radius 1 is 1.25 bits per heavy atom. The third-order valence-electron chi connectivity index (χ3n) is 3.07. The van der Waals surface area contributed by atoms with Crippen LogP contribution >= 0.6 is 27.3 Å². The second-order valence-electron chi connectivity index (χ2n) is 4.65. The SMILES string of the molecule is CCCNC(c1ccc(Br)s1)c1cc(F)c(C)cc1F. The zero-order valence-corrected chi connectivity index (χ0v) is 13.7. The van der Waals surface area contributed by atoms with Crippen LogP contribution in [0.1, 0.15) is 35.4 Å². The van der Waals surface area contributed by atoms with Gasteiger partial charge in [0, 0.05) is 10.4 Å². The molecular weight excluding hydrogens is 344 g/mol. The molecule has 5 heteroatoms. The third-order valence-corrected chi connectivity index (χ3v) is 4.75. The molecule has 0 radical (unpaired) electrons. The lowest BCUT2D eigenvalue weighted by atomic mass is 10.0. The summed E-state index contributed by atoms with van der Waals surface area (Å²) >= 11 is 4.93. The van der Waals surface area contributed by atoms with Crippen LogP contribution in [0.4, 0.5) is 8.78 Å². The van der Waals surface area contributed by atoms with Crippen LogP contribution in [0.15, 0.2) is 28.1 Å². The van der Waals surface area contributed by atoms with E-state index in [9.17, 15) is 8.78 Å². The third kappa shape index (κ3) is 3.45. The first-order valence-corrected chi connectivity index (χ1v) is 8.08. The van der Waals surface area contributed by atoms with Crippen molar-refractivity contribution in [3.63, 3.8) is 0 Å². The van der Waals surface area contributed by atoms with Crippen LogP contribution in [-0.4, -0.2) is 6.54 Å². The summed E-state index contributed by atoms with van der Waals surface area (Å²) < 4.78 is 28.9. The minimum Gasteiger partial charge on any atom is -0.306 e. The largest absolute Gasteiger partial charge is 0.306 e. The molecule has 1 nitrogen and oxygen atoms in total. The topological polar surface area (TPSA) is 12.0 Å². The van der Waals surface area contributed by atoms with Crippen LogP contribution in [0.25, 0.3) is 0 Å². The molecule has 1 atom stereocenters. The molecule has 0 aliphatic rings. The molecule has 1 unspecified atom stereocenters. The Morgan fingerprint density at radius 3 is 2.60 bits per heavy atom. The number of rotatable bonds is 5. The molecule has 1 heterocycles. The van der Waals surface area contributed by atoms with E-state index >= 15 is 0 Å². The molecular formula is C15H16BrF2NS. The van der Waals surface area contributed by atoms with E-state index in [2.05, 4.69) is 21.2 Å². The van der Waals surface area contributed by atoms with E-state index in [4.69, 9.17) is 0 Å². The lowest BCUT2D eigenvalue weighted by molar-refractivity contribution is 0.536. The van der Waals surface area contributed by atoms with Crippen molar-refractivity contribution in [2.45, 2.75) is 26.3 Å². The van der Waals surface area contributed by atoms with Crippen LogP contribution in [0.5, 0.6) is 0 Å². The molecule has 1 N–H and O–H groups in total. The van der Waals surface area contributed by atoms with Crippen molar-refractivity contribution in [2.24, 2.45) is 0 Å². The first-order valence-electron chi connectivity index (χ1n) is 6.47. The highest BCUT2D eigenvalue weighted by atomic mass is 79.9. The van der Waals surface area contributed by atoms with Crippen molar-refractivity contribution in [3.8, 4) is 0 Å². The van der Waals surface area contributed by atoms with E-state index in [1.807, 2.05) is 19.1 Å². The number of thiophene rings is 1. The number of hydrogen-bond donors (Lipinski definition) is 1. The van der Waals surface area contributed by atoms with Gasteiger partial charge in [-0.2, -0.15) is 0 Å². The van der Waals surface area contributed by atoms with Gasteiger partial charge in [0.05, 0.1) is 9.83 Å². The van der Waals surface area contributed by atoms with Gasteiger partial charge in [-0.3, -0.25) is 0 Å². The van der Waals surface area contributed by atoms with Gasteiger partial charge in [0.1, 0.15) is 11.6 Å². The second kappa shape index (κ2) is 6.78. The van der Waals surface area contributed by atoms with Crippen molar-refractivity contribution >= 4 is 27.3 Å². The average molecular weight is 360 g/mol. The summed E-state index contributed by atoms with van der Waals surface area (Å²) in [5, 5.41) is 3.29. The predicted octanol–water partition coefficient (Wildman–Crippen LogP) is 5.19. The van der Waals surface area contributed by atoms with Gasteiger partial charge in [-0.25, -0.2) is 8.78 Å². The maximum atomic E-state index is 14.2. The van der Waals surface area contributed by atoms with Gasteiger partial charge in [-0.1, -0.05) is 6.92 Å². The highest BCUT2D eigenvalue weighted by Crippen LogP contribution is 2.33. The van der Waals surface area contributed by atoms with Gasteiger partial charge < -0.3 is 5.32 Å². The molecule has 0 bridgehead atoms. The molecule has 20 heavy (non-hydrogen) atoms. The van der Waals surface area contributed by atoms with E-state index in [-0.39, 0.29) is 17.7 Å². The maximum Gasteiger partial charge on any atom is 0.128 e. The van der Waals surface area contributed by atoms with Crippen molar-refractivity contribution < 1.29 is 8.78 Å². The molecule has 0 spiro atoms. The number of benzene rings is 1. The second-order valence-corrected chi connectivity index (χ2v) is 7.15. The number of nitrogens with one attached hydrogen (secondary N) is 1. The smallest absolute Gasteiger partial charge is 0.128 e. The fourth-order valence-corrected chi connectivity index (χ4v) is 3.54. The standard InChI is InChI=1S/C15H16BrF2NS/c1-3-6-19-15(13-4-5-14(16)20-13)10-8-11(17)9(2)7-12(10)18/h4-5,7-8,15,19H,3,6H2,1-2H3. The summed E-state index contributed by atoms with van der Waals surface area (Å²) in [4.78, 5) is 0.965. The molecule has 108 valence electrons. The molecule has 0 saturated carbocycles. The number of halogens is 3. The average Bonchev–Trinajstić information content (AvgIpc) is 2.82. The minimum atomic E-state index is -0.375. The first kappa shape index (κ1) is 15.6. The van der Waals surface area contributed by atoms with Crippen molar-refractivity contribution in [1.82, 2.24) is 5.32 Å².